The van der Waals surface area contributed by atoms with Crippen molar-refractivity contribution in [2.75, 3.05) is 12.5 Å². The lowest BCUT2D eigenvalue weighted by Gasteiger charge is -2.12. The van der Waals surface area contributed by atoms with E-state index < -0.39 is 11.7 Å². The van der Waals surface area contributed by atoms with Gasteiger partial charge in [-0.1, -0.05) is 17.7 Å². The van der Waals surface area contributed by atoms with Gasteiger partial charge in [0.05, 0.1) is 28.7 Å². The first-order valence-corrected chi connectivity index (χ1v) is 7.03. The smallest absolute Gasteiger partial charge is 0.381 e. The van der Waals surface area contributed by atoms with Gasteiger partial charge in [-0.3, -0.25) is 4.90 Å². The number of alkyl halides is 3. The minimum absolute atomic E-state index is 0.00880. The van der Waals surface area contributed by atoms with Crippen molar-refractivity contribution >= 4 is 17.5 Å². The molecule has 2 heterocycles. The molecule has 3 N–H and O–H groups in total. The molecule has 1 aromatic carbocycles. The molecule has 0 atom stereocenters. The van der Waals surface area contributed by atoms with Crippen molar-refractivity contribution in [3.63, 3.8) is 0 Å². The zero-order valence-electron chi connectivity index (χ0n) is 11.7. The number of halogens is 4. The van der Waals surface area contributed by atoms with E-state index >= 15 is 0 Å². The largest absolute Gasteiger partial charge is 0.416 e. The Balaban J connectivity index is 2.10. The number of aliphatic hydroxyl groups is 1. The summed E-state index contributed by atoms with van der Waals surface area (Å²) in [4.78, 5) is 9.94. The Labute approximate surface area is 134 Å². The molecule has 0 radical (unpaired) electrons. The van der Waals surface area contributed by atoms with Crippen molar-refractivity contribution in [3.05, 3.63) is 40.0 Å². The van der Waals surface area contributed by atoms with E-state index in [0.717, 1.165) is 12.1 Å². The van der Waals surface area contributed by atoms with E-state index in [-0.39, 0.29) is 17.7 Å². The molecule has 1 aliphatic rings. The summed E-state index contributed by atoms with van der Waals surface area (Å²) in [5, 5.41) is 9.18. The number of aromatic nitrogens is 2. The van der Waals surface area contributed by atoms with Gasteiger partial charge >= 0.3 is 6.18 Å². The average Bonchev–Trinajstić information content (AvgIpc) is 2.88. The van der Waals surface area contributed by atoms with E-state index in [1.54, 1.807) is 4.90 Å². The molecule has 122 valence electrons. The van der Waals surface area contributed by atoms with Crippen molar-refractivity contribution in [2.45, 2.75) is 19.3 Å². The maximum absolute atomic E-state index is 12.7. The van der Waals surface area contributed by atoms with Crippen molar-refractivity contribution in [1.29, 1.82) is 0 Å². The summed E-state index contributed by atoms with van der Waals surface area (Å²) >= 11 is 6.03. The van der Waals surface area contributed by atoms with Gasteiger partial charge in [-0.2, -0.15) is 13.2 Å². The molecule has 0 saturated carbocycles. The van der Waals surface area contributed by atoms with Crippen LogP contribution in [0.2, 0.25) is 5.02 Å². The Hall–Kier alpha value is -1.90. The summed E-state index contributed by atoms with van der Waals surface area (Å²) < 4.78 is 38.2. The van der Waals surface area contributed by atoms with E-state index in [4.69, 9.17) is 17.3 Å². The van der Waals surface area contributed by atoms with Crippen LogP contribution < -0.4 is 5.73 Å². The molecule has 0 bridgehead atoms. The summed E-state index contributed by atoms with van der Waals surface area (Å²) in [6, 6.07) is 3.08. The number of hydrogen-bond donors (Lipinski definition) is 2. The first-order valence-electron chi connectivity index (χ1n) is 6.65. The Bertz CT molecular complexity index is 766. The lowest BCUT2D eigenvalue weighted by atomic mass is 10.0. The zero-order valence-corrected chi connectivity index (χ0v) is 12.5. The van der Waals surface area contributed by atoms with E-state index in [2.05, 4.69) is 9.97 Å². The van der Waals surface area contributed by atoms with Gasteiger partial charge in [0.2, 0.25) is 5.95 Å². The van der Waals surface area contributed by atoms with E-state index in [0.29, 0.717) is 35.6 Å². The first-order chi connectivity index (χ1) is 10.8. The lowest BCUT2D eigenvalue weighted by molar-refractivity contribution is -0.137. The molecule has 3 rings (SSSR count). The third-order valence-electron chi connectivity index (χ3n) is 3.62. The number of rotatable bonds is 2. The van der Waals surface area contributed by atoms with Gasteiger partial charge in [-0.15, -0.1) is 0 Å². The number of aliphatic hydroxyl groups excluding tert-OH is 1. The van der Waals surface area contributed by atoms with Gasteiger partial charge in [0, 0.05) is 24.2 Å². The van der Waals surface area contributed by atoms with Crippen LogP contribution in [0.5, 0.6) is 0 Å². The summed E-state index contributed by atoms with van der Waals surface area (Å²) in [7, 11) is 0. The van der Waals surface area contributed by atoms with Gasteiger partial charge in [-0.05, 0) is 12.1 Å². The molecule has 1 aliphatic heterocycles. The molecule has 0 aliphatic carbocycles. The molecule has 23 heavy (non-hydrogen) atoms. The second kappa shape index (κ2) is 5.63. The predicted molar refractivity (Wildman–Crippen MR) is 78.2 cm³/mol. The molecule has 5 nitrogen and oxygen atoms in total. The minimum atomic E-state index is -4.47. The fraction of sp³-hybridized carbons (Fsp3) is 0.286. The quantitative estimate of drug-likeness (QED) is 0.876. The number of nitrogens with zero attached hydrogens (tertiary/aromatic N) is 3. The lowest BCUT2D eigenvalue weighted by Crippen LogP contribution is -2.16. The van der Waals surface area contributed by atoms with Gasteiger partial charge in [0.1, 0.15) is 0 Å². The van der Waals surface area contributed by atoms with Gasteiger partial charge in [-0.25, -0.2) is 9.97 Å². The fourth-order valence-electron chi connectivity index (χ4n) is 2.54. The van der Waals surface area contributed by atoms with E-state index in [9.17, 15) is 18.3 Å². The van der Waals surface area contributed by atoms with Gasteiger partial charge in [0.15, 0.2) is 0 Å². The van der Waals surface area contributed by atoms with E-state index in [1.807, 2.05) is 0 Å². The molecule has 0 spiro atoms. The molecule has 0 unspecified atom stereocenters. The highest BCUT2D eigenvalue weighted by Crippen LogP contribution is 2.38. The van der Waals surface area contributed by atoms with Crippen molar-refractivity contribution in [1.82, 2.24) is 14.9 Å². The molecule has 0 saturated heterocycles. The molecule has 9 heteroatoms. The number of benzene rings is 1. The number of nitrogens with two attached hydrogens (primary N) is 1. The number of fused-ring (bicyclic) bond motifs is 1. The summed E-state index contributed by atoms with van der Waals surface area (Å²) in [6.07, 6.45) is -4.47. The molecule has 2 aromatic rings. The monoisotopic (exact) mass is 344 g/mol. The molecule has 0 fully saturated rings. The van der Waals surface area contributed by atoms with Crippen molar-refractivity contribution < 1.29 is 18.3 Å². The fourth-order valence-corrected chi connectivity index (χ4v) is 2.81. The van der Waals surface area contributed by atoms with Crippen LogP contribution in [0.25, 0.3) is 11.3 Å². The zero-order chi connectivity index (χ0) is 16.8. The highest BCUT2D eigenvalue weighted by molar-refractivity contribution is 6.33. The first kappa shape index (κ1) is 16.0. The Morgan fingerprint density at radius 3 is 2.61 bits per heavy atom. The third-order valence-corrected chi connectivity index (χ3v) is 3.93. The van der Waals surface area contributed by atoms with Crippen LogP contribution in [-0.4, -0.2) is 26.7 Å². The van der Waals surface area contributed by atoms with Crippen LogP contribution in [-0.2, 0) is 19.3 Å². The molecule has 1 aromatic heterocycles. The molecule has 0 amide bonds. The number of hydrogen-bond acceptors (Lipinski definition) is 5. The second-order valence-electron chi connectivity index (χ2n) is 5.18. The van der Waals surface area contributed by atoms with Crippen molar-refractivity contribution in [2.24, 2.45) is 0 Å². The SMILES string of the molecule is Nc1nc2c(c(-c3ccc(C(F)(F)F)cc3Cl)n1)CN(CO)C2. The van der Waals surface area contributed by atoms with E-state index in [1.165, 1.54) is 6.07 Å². The normalized spacial score (nSPS) is 15.0. The average molecular weight is 345 g/mol. The van der Waals surface area contributed by atoms with Crippen LogP contribution in [0.1, 0.15) is 16.8 Å². The second-order valence-corrected chi connectivity index (χ2v) is 5.58. The molecular formula is C14H12ClF3N4O. The van der Waals surface area contributed by atoms with Gasteiger partial charge in [0.25, 0.3) is 0 Å². The summed E-state index contributed by atoms with van der Waals surface area (Å²) in [5.41, 5.74) is 6.93. The maximum atomic E-state index is 12.7. The summed E-state index contributed by atoms with van der Waals surface area (Å²) in [5.74, 6) is 0.00880. The standard InChI is InChI=1S/C14H12ClF3N4O/c15-10-3-7(14(16,17)18)1-2-8(10)12-9-4-22(6-23)5-11(9)20-13(19)21-12/h1-3,23H,4-6H2,(H2,19,20,21). The Kier molecular flexibility index (Phi) is 3.91. The maximum Gasteiger partial charge on any atom is 0.416 e. The van der Waals surface area contributed by atoms with Crippen LogP contribution >= 0.6 is 11.6 Å². The van der Waals surface area contributed by atoms with Crippen LogP contribution in [0.4, 0.5) is 19.1 Å². The van der Waals surface area contributed by atoms with Crippen LogP contribution in [0.3, 0.4) is 0 Å². The van der Waals surface area contributed by atoms with Crippen molar-refractivity contribution in [3.8, 4) is 11.3 Å². The Morgan fingerprint density at radius 1 is 1.26 bits per heavy atom. The molecular weight excluding hydrogens is 333 g/mol. The Morgan fingerprint density at radius 2 is 2.00 bits per heavy atom. The summed E-state index contributed by atoms with van der Waals surface area (Å²) in [6.45, 7) is 0.596. The van der Waals surface area contributed by atoms with Gasteiger partial charge < -0.3 is 10.8 Å². The topological polar surface area (TPSA) is 75.3 Å². The van der Waals surface area contributed by atoms with Crippen LogP contribution in [0, 0.1) is 0 Å². The van der Waals surface area contributed by atoms with Crippen LogP contribution in [0.15, 0.2) is 18.2 Å². The minimum Gasteiger partial charge on any atom is -0.381 e. The third kappa shape index (κ3) is 2.97. The number of nitrogen functional groups attached to an aromatic ring is 1. The highest BCUT2D eigenvalue weighted by Gasteiger charge is 2.32. The highest BCUT2D eigenvalue weighted by atomic mass is 35.5. The number of anilines is 1. The predicted octanol–water partition coefficient (Wildman–Crippen LogP) is 2.66.